The first-order valence-corrected chi connectivity index (χ1v) is 10.0. The van der Waals surface area contributed by atoms with E-state index in [0.29, 0.717) is 19.0 Å². The second kappa shape index (κ2) is 12.2. The van der Waals surface area contributed by atoms with Gasteiger partial charge in [-0.2, -0.15) is 0 Å². The van der Waals surface area contributed by atoms with Crippen LogP contribution in [-0.4, -0.2) is 50.6 Å². The maximum Gasteiger partial charge on any atom is 0.191 e. The number of nitrogens with one attached hydrogen (secondary N) is 2. The molecule has 0 radical (unpaired) electrons. The van der Waals surface area contributed by atoms with Crippen LogP contribution in [0.2, 0.25) is 0 Å². The summed E-state index contributed by atoms with van der Waals surface area (Å²) in [6, 6.07) is 8.28. The zero-order valence-electron chi connectivity index (χ0n) is 17.5. The number of aliphatic imine (C=N–C) groups is 1. The number of hydrogen-bond acceptors (Lipinski definition) is 5. The number of para-hydroxylation sites is 1. The van der Waals surface area contributed by atoms with Crippen molar-refractivity contribution >= 4 is 41.3 Å². The Balaban J connectivity index is 0.00000392. The summed E-state index contributed by atoms with van der Waals surface area (Å²) in [6.07, 6.45) is 0. The monoisotopic (exact) mass is 517 g/mol. The van der Waals surface area contributed by atoms with Gasteiger partial charge in [0.2, 0.25) is 0 Å². The lowest BCUT2D eigenvalue weighted by Crippen LogP contribution is -2.41. The number of hydrogen-bond donors (Lipinski definition) is 2. The summed E-state index contributed by atoms with van der Waals surface area (Å²) in [5.41, 5.74) is 2.29. The van der Waals surface area contributed by atoms with E-state index >= 15 is 0 Å². The Bertz CT molecular complexity index is 748. The highest BCUT2D eigenvalue weighted by molar-refractivity contribution is 14.0. The summed E-state index contributed by atoms with van der Waals surface area (Å²) in [5, 5.41) is 9.96. The number of nitrogens with zero attached hydrogens (tertiary/aromatic N) is 3. The van der Waals surface area contributed by atoms with E-state index in [-0.39, 0.29) is 30.0 Å². The number of ether oxygens (including phenoxy) is 1. The van der Waals surface area contributed by atoms with Gasteiger partial charge in [-0.15, -0.1) is 35.3 Å². The van der Waals surface area contributed by atoms with Gasteiger partial charge in [-0.1, -0.05) is 32.0 Å². The van der Waals surface area contributed by atoms with Crippen LogP contribution >= 0.6 is 35.3 Å². The second-order valence-corrected chi connectivity index (χ2v) is 7.79. The van der Waals surface area contributed by atoms with Crippen molar-refractivity contribution in [2.45, 2.75) is 32.4 Å². The molecule has 1 atom stereocenters. The van der Waals surface area contributed by atoms with Crippen LogP contribution in [0.5, 0.6) is 5.75 Å². The molecule has 0 aliphatic heterocycles. The second-order valence-electron chi connectivity index (χ2n) is 6.85. The molecule has 0 amide bonds. The highest BCUT2D eigenvalue weighted by atomic mass is 127. The summed E-state index contributed by atoms with van der Waals surface area (Å²) >= 11 is 1.68. The minimum Gasteiger partial charge on any atom is -0.496 e. The van der Waals surface area contributed by atoms with Crippen molar-refractivity contribution in [2.75, 3.05) is 34.8 Å². The highest BCUT2D eigenvalue weighted by Crippen LogP contribution is 2.27. The molecule has 2 rings (SSSR count). The van der Waals surface area contributed by atoms with Gasteiger partial charge in [0.1, 0.15) is 10.8 Å². The maximum absolute atomic E-state index is 5.53. The normalized spacial score (nSPS) is 12.6. The molecule has 1 unspecified atom stereocenters. The van der Waals surface area contributed by atoms with Crippen molar-refractivity contribution in [1.29, 1.82) is 0 Å². The molecule has 28 heavy (non-hydrogen) atoms. The van der Waals surface area contributed by atoms with E-state index in [1.165, 1.54) is 0 Å². The van der Waals surface area contributed by atoms with Crippen molar-refractivity contribution in [1.82, 2.24) is 20.5 Å². The molecule has 156 valence electrons. The highest BCUT2D eigenvalue weighted by Gasteiger charge is 2.18. The molecule has 0 saturated carbocycles. The van der Waals surface area contributed by atoms with E-state index in [1.807, 2.05) is 18.2 Å². The van der Waals surface area contributed by atoms with E-state index in [9.17, 15) is 0 Å². The van der Waals surface area contributed by atoms with Crippen molar-refractivity contribution < 1.29 is 4.74 Å². The van der Waals surface area contributed by atoms with Crippen molar-refractivity contribution in [3.05, 3.63) is 45.9 Å². The minimum absolute atomic E-state index is 0. The summed E-state index contributed by atoms with van der Waals surface area (Å²) in [4.78, 5) is 11.2. The molecular formula is C20H32IN5OS. The fourth-order valence-corrected chi connectivity index (χ4v) is 3.65. The quantitative estimate of drug-likeness (QED) is 0.317. The Morgan fingerprint density at radius 3 is 2.54 bits per heavy atom. The Labute approximate surface area is 189 Å². The van der Waals surface area contributed by atoms with Gasteiger partial charge in [0.15, 0.2) is 5.96 Å². The van der Waals surface area contributed by atoms with Gasteiger partial charge < -0.3 is 20.3 Å². The van der Waals surface area contributed by atoms with E-state index in [2.05, 4.69) is 64.9 Å². The average Bonchev–Trinajstić information content (AvgIpc) is 3.14. The number of methoxy groups -OCH3 is 1. The summed E-state index contributed by atoms with van der Waals surface area (Å²) in [6.45, 7) is 5.69. The molecule has 0 aliphatic carbocycles. The van der Waals surface area contributed by atoms with Crippen LogP contribution in [0, 0.1) is 0 Å². The Hall–Kier alpha value is -1.39. The van der Waals surface area contributed by atoms with Crippen molar-refractivity contribution in [3.63, 3.8) is 0 Å². The van der Waals surface area contributed by atoms with Crippen LogP contribution in [0.1, 0.15) is 42.1 Å². The molecule has 2 aromatic rings. The van der Waals surface area contributed by atoms with Crippen LogP contribution in [-0.2, 0) is 6.54 Å². The van der Waals surface area contributed by atoms with E-state index in [4.69, 9.17) is 4.74 Å². The van der Waals surface area contributed by atoms with Crippen LogP contribution in [0.4, 0.5) is 0 Å². The fraction of sp³-hybridized carbons (Fsp3) is 0.500. The Morgan fingerprint density at radius 2 is 1.96 bits per heavy atom. The van der Waals surface area contributed by atoms with E-state index in [0.717, 1.165) is 28.0 Å². The number of benzene rings is 1. The van der Waals surface area contributed by atoms with E-state index < -0.39 is 0 Å². The number of rotatable bonds is 8. The topological polar surface area (TPSA) is 61.8 Å². The molecule has 0 spiro atoms. The summed E-state index contributed by atoms with van der Waals surface area (Å²) < 4.78 is 5.53. The number of halogens is 1. The third-order valence-electron chi connectivity index (χ3n) is 4.38. The molecule has 8 heteroatoms. The Kier molecular flexibility index (Phi) is 10.8. The maximum atomic E-state index is 5.53. The molecule has 0 aliphatic rings. The molecule has 0 fully saturated rings. The predicted octanol–water partition coefficient (Wildman–Crippen LogP) is 3.86. The van der Waals surface area contributed by atoms with E-state index in [1.54, 1.807) is 25.5 Å². The van der Waals surface area contributed by atoms with Gasteiger partial charge in [-0.25, -0.2) is 4.98 Å². The summed E-state index contributed by atoms with van der Waals surface area (Å²) in [5.74, 6) is 2.11. The average molecular weight is 517 g/mol. The van der Waals surface area contributed by atoms with Crippen molar-refractivity contribution in [3.8, 4) is 5.75 Å². The summed E-state index contributed by atoms with van der Waals surface area (Å²) in [7, 11) is 7.62. The first kappa shape index (κ1) is 24.6. The molecule has 0 bridgehead atoms. The van der Waals surface area contributed by atoms with Gasteiger partial charge in [-0.3, -0.25) is 4.99 Å². The smallest absolute Gasteiger partial charge is 0.191 e. The van der Waals surface area contributed by atoms with Crippen molar-refractivity contribution in [2.24, 2.45) is 4.99 Å². The fourth-order valence-electron chi connectivity index (χ4n) is 2.76. The lowest BCUT2D eigenvalue weighted by molar-refractivity contribution is 0.287. The first-order valence-electron chi connectivity index (χ1n) is 9.14. The molecule has 6 nitrogen and oxygen atoms in total. The number of guanidine groups is 1. The molecule has 0 saturated heterocycles. The van der Waals surface area contributed by atoms with Crippen LogP contribution in [0.3, 0.4) is 0 Å². The Morgan fingerprint density at radius 1 is 1.25 bits per heavy atom. The van der Waals surface area contributed by atoms with Gasteiger partial charge >= 0.3 is 0 Å². The molecule has 2 N–H and O–H groups in total. The molecular weight excluding hydrogens is 485 g/mol. The van der Waals surface area contributed by atoms with Gasteiger partial charge in [0.05, 0.1) is 25.4 Å². The molecule has 1 heterocycles. The standard InChI is InChI=1S/C20H31N5OS.HI/c1-14(2)16-13-27-19(24-16)12-23-20(21-3)22-11-17(25(4)5)15-9-7-8-10-18(15)26-6;/h7-10,13-14,17H,11-12H2,1-6H3,(H2,21,22,23);1H. The van der Waals surface area contributed by atoms with Crippen LogP contribution in [0.25, 0.3) is 0 Å². The third-order valence-corrected chi connectivity index (χ3v) is 5.24. The third kappa shape index (κ3) is 6.89. The van der Waals surface area contributed by atoms with Gasteiger partial charge in [-0.05, 0) is 26.1 Å². The zero-order chi connectivity index (χ0) is 19.8. The lowest BCUT2D eigenvalue weighted by atomic mass is 10.0. The largest absolute Gasteiger partial charge is 0.496 e. The number of likely N-dealkylation sites (N-methyl/N-ethyl adjacent to an activating group) is 1. The molecule has 1 aromatic heterocycles. The number of aromatic nitrogens is 1. The SMILES string of the molecule is CN=C(NCc1nc(C(C)C)cs1)NCC(c1ccccc1OC)N(C)C.I. The van der Waals surface area contributed by atoms with Crippen LogP contribution < -0.4 is 15.4 Å². The zero-order valence-corrected chi connectivity index (χ0v) is 20.7. The predicted molar refractivity (Wildman–Crippen MR) is 129 cm³/mol. The minimum atomic E-state index is 0. The molecule has 1 aromatic carbocycles. The van der Waals surface area contributed by atoms with Crippen LogP contribution in [0.15, 0.2) is 34.6 Å². The van der Waals surface area contributed by atoms with Gasteiger partial charge in [0, 0.05) is 24.5 Å². The first-order chi connectivity index (χ1) is 13.0. The van der Waals surface area contributed by atoms with Gasteiger partial charge in [0.25, 0.3) is 0 Å². The number of thiazole rings is 1. The lowest BCUT2D eigenvalue weighted by Gasteiger charge is -2.27.